The van der Waals surface area contributed by atoms with Gasteiger partial charge in [0.05, 0.1) is 20.6 Å². The molecule has 31 heavy (non-hydrogen) atoms. The van der Waals surface area contributed by atoms with Gasteiger partial charge in [-0.2, -0.15) is 0 Å². The second-order valence-electron chi connectivity index (χ2n) is 8.15. The number of amides is 1. The van der Waals surface area contributed by atoms with Crippen molar-refractivity contribution in [3.63, 3.8) is 0 Å². The van der Waals surface area contributed by atoms with Gasteiger partial charge < -0.3 is 9.88 Å². The van der Waals surface area contributed by atoms with E-state index in [-0.39, 0.29) is 11.5 Å². The van der Waals surface area contributed by atoms with Crippen LogP contribution in [0.3, 0.4) is 0 Å². The first-order chi connectivity index (χ1) is 15.0. The average Bonchev–Trinajstić information content (AvgIpc) is 3.33. The third kappa shape index (κ3) is 3.90. The standard InChI is InChI=1S/C23H24N4O2S2/c1-13-14(2)30-23-20(13)21(29)25-18(26-23)7-8-19(28)27-11-9-15(10-12-27)22-24-16-5-3-4-6-17(16)31-22/h3-6,15H,7-12H2,1-2H3,(H,25,26,29). The minimum absolute atomic E-state index is 0.106. The van der Waals surface area contributed by atoms with Gasteiger partial charge in [-0.25, -0.2) is 9.97 Å². The van der Waals surface area contributed by atoms with Crippen molar-refractivity contribution in [3.05, 3.63) is 55.9 Å². The highest BCUT2D eigenvalue weighted by Crippen LogP contribution is 2.34. The van der Waals surface area contributed by atoms with E-state index in [2.05, 4.69) is 22.1 Å². The molecule has 8 heteroatoms. The molecule has 1 aliphatic rings. The molecule has 1 N–H and O–H groups in total. The lowest BCUT2D eigenvalue weighted by atomic mass is 9.97. The molecule has 0 radical (unpaired) electrons. The van der Waals surface area contributed by atoms with Crippen molar-refractivity contribution in [1.82, 2.24) is 19.9 Å². The smallest absolute Gasteiger partial charge is 0.259 e. The molecule has 0 aliphatic carbocycles. The van der Waals surface area contributed by atoms with Crippen LogP contribution < -0.4 is 5.56 Å². The molecular weight excluding hydrogens is 428 g/mol. The Labute approximate surface area is 188 Å². The number of thiophene rings is 1. The van der Waals surface area contributed by atoms with E-state index in [9.17, 15) is 9.59 Å². The van der Waals surface area contributed by atoms with Crippen LogP contribution in [0.25, 0.3) is 20.4 Å². The summed E-state index contributed by atoms with van der Waals surface area (Å²) in [6.45, 7) is 5.46. The molecule has 1 saturated heterocycles. The molecule has 160 valence electrons. The summed E-state index contributed by atoms with van der Waals surface area (Å²) in [7, 11) is 0. The van der Waals surface area contributed by atoms with Gasteiger partial charge in [0.25, 0.3) is 5.56 Å². The summed E-state index contributed by atoms with van der Waals surface area (Å²) in [5.41, 5.74) is 1.95. The maximum absolute atomic E-state index is 12.8. The van der Waals surface area contributed by atoms with Crippen molar-refractivity contribution in [3.8, 4) is 0 Å². The molecule has 0 saturated carbocycles. The van der Waals surface area contributed by atoms with Crippen molar-refractivity contribution in [2.75, 3.05) is 13.1 Å². The largest absolute Gasteiger partial charge is 0.343 e. The summed E-state index contributed by atoms with van der Waals surface area (Å²) in [5.74, 6) is 1.15. The molecule has 0 atom stereocenters. The second kappa shape index (κ2) is 8.16. The predicted molar refractivity (Wildman–Crippen MR) is 126 cm³/mol. The number of carbonyl (C=O) groups excluding carboxylic acids is 1. The normalized spacial score (nSPS) is 15.2. The van der Waals surface area contributed by atoms with E-state index in [0.717, 1.165) is 46.7 Å². The van der Waals surface area contributed by atoms with Gasteiger partial charge in [-0.15, -0.1) is 22.7 Å². The number of aryl methyl sites for hydroxylation is 3. The summed E-state index contributed by atoms with van der Waals surface area (Å²) in [4.78, 5) is 41.3. The number of likely N-dealkylation sites (tertiary alicyclic amines) is 1. The Bertz CT molecular complexity index is 1300. The Hall–Kier alpha value is -2.58. The van der Waals surface area contributed by atoms with Crippen molar-refractivity contribution in [1.29, 1.82) is 0 Å². The van der Waals surface area contributed by atoms with Crippen LogP contribution >= 0.6 is 22.7 Å². The average molecular weight is 453 g/mol. The van der Waals surface area contributed by atoms with Gasteiger partial charge in [0, 0.05) is 36.7 Å². The third-order valence-electron chi connectivity index (χ3n) is 6.17. The van der Waals surface area contributed by atoms with Crippen LogP contribution in [0, 0.1) is 13.8 Å². The number of para-hydroxylation sites is 1. The fraction of sp³-hybridized carbons (Fsp3) is 0.391. The molecule has 4 aromatic rings. The Balaban J connectivity index is 1.20. The number of benzene rings is 1. The Morgan fingerprint density at radius 3 is 2.71 bits per heavy atom. The van der Waals surface area contributed by atoms with Crippen molar-refractivity contribution >= 4 is 49.0 Å². The zero-order chi connectivity index (χ0) is 21.5. The van der Waals surface area contributed by atoms with E-state index in [0.29, 0.717) is 30.0 Å². The molecular formula is C23H24N4O2S2. The molecule has 0 spiro atoms. The first-order valence-electron chi connectivity index (χ1n) is 10.6. The number of nitrogens with one attached hydrogen (secondary N) is 1. The van der Waals surface area contributed by atoms with Gasteiger partial charge in [0.15, 0.2) is 0 Å². The number of carbonyl (C=O) groups is 1. The van der Waals surface area contributed by atoms with Crippen LogP contribution in [-0.4, -0.2) is 38.8 Å². The lowest BCUT2D eigenvalue weighted by Crippen LogP contribution is -2.38. The molecule has 1 aliphatic heterocycles. The van der Waals surface area contributed by atoms with Crippen LogP contribution in [-0.2, 0) is 11.2 Å². The lowest BCUT2D eigenvalue weighted by molar-refractivity contribution is -0.132. The van der Waals surface area contributed by atoms with Gasteiger partial charge in [0.2, 0.25) is 5.91 Å². The molecule has 1 aromatic carbocycles. The molecule has 4 heterocycles. The fourth-order valence-corrected chi connectivity index (χ4v) is 6.43. The van der Waals surface area contributed by atoms with Crippen molar-refractivity contribution < 1.29 is 4.79 Å². The number of aromatic nitrogens is 3. The number of aromatic amines is 1. The second-order valence-corrected chi connectivity index (χ2v) is 10.4. The summed E-state index contributed by atoms with van der Waals surface area (Å²) < 4.78 is 1.23. The first kappa shape index (κ1) is 20.3. The molecule has 1 fully saturated rings. The van der Waals surface area contributed by atoms with Gasteiger partial charge >= 0.3 is 0 Å². The maximum Gasteiger partial charge on any atom is 0.259 e. The highest BCUT2D eigenvalue weighted by molar-refractivity contribution is 7.19. The van der Waals surface area contributed by atoms with Crippen LogP contribution in [0.15, 0.2) is 29.1 Å². The number of hydrogen-bond acceptors (Lipinski definition) is 6. The van der Waals surface area contributed by atoms with E-state index in [1.54, 1.807) is 11.3 Å². The van der Waals surface area contributed by atoms with E-state index < -0.39 is 0 Å². The number of rotatable bonds is 4. The number of nitrogens with zero attached hydrogens (tertiary/aromatic N) is 3. The predicted octanol–water partition coefficient (Wildman–Crippen LogP) is 4.55. The van der Waals surface area contributed by atoms with E-state index in [4.69, 9.17) is 4.98 Å². The number of fused-ring (bicyclic) bond motifs is 2. The van der Waals surface area contributed by atoms with Crippen LogP contribution in [0.4, 0.5) is 0 Å². The van der Waals surface area contributed by atoms with Gasteiger partial charge in [-0.1, -0.05) is 12.1 Å². The SMILES string of the molecule is Cc1sc2nc(CCC(=O)N3CCC(c4nc5ccccc5s4)CC3)[nH]c(=O)c2c1C. The Morgan fingerprint density at radius 2 is 1.94 bits per heavy atom. The van der Waals surface area contributed by atoms with Gasteiger partial charge in [-0.05, 0) is 44.4 Å². The van der Waals surface area contributed by atoms with Crippen molar-refractivity contribution in [2.24, 2.45) is 0 Å². The number of piperidine rings is 1. The van der Waals surface area contributed by atoms with Gasteiger partial charge in [-0.3, -0.25) is 9.59 Å². The summed E-state index contributed by atoms with van der Waals surface area (Å²) in [6, 6.07) is 8.24. The topological polar surface area (TPSA) is 79.0 Å². The highest BCUT2D eigenvalue weighted by Gasteiger charge is 2.26. The van der Waals surface area contributed by atoms with E-state index >= 15 is 0 Å². The molecule has 5 rings (SSSR count). The monoisotopic (exact) mass is 452 g/mol. The lowest BCUT2D eigenvalue weighted by Gasteiger charge is -2.31. The number of thiazole rings is 1. The molecule has 1 amide bonds. The summed E-state index contributed by atoms with van der Waals surface area (Å²) in [5, 5.41) is 1.86. The zero-order valence-electron chi connectivity index (χ0n) is 17.6. The van der Waals surface area contributed by atoms with E-state index in [1.165, 1.54) is 21.0 Å². The van der Waals surface area contributed by atoms with Crippen molar-refractivity contribution in [2.45, 2.75) is 45.4 Å². The summed E-state index contributed by atoms with van der Waals surface area (Å²) >= 11 is 3.31. The number of hydrogen-bond donors (Lipinski definition) is 1. The first-order valence-corrected chi connectivity index (χ1v) is 12.2. The molecule has 0 bridgehead atoms. The third-order valence-corrected chi connectivity index (χ3v) is 8.47. The highest BCUT2D eigenvalue weighted by atomic mass is 32.1. The molecule has 6 nitrogen and oxygen atoms in total. The minimum atomic E-state index is -0.106. The quantitative estimate of drug-likeness (QED) is 0.493. The zero-order valence-corrected chi connectivity index (χ0v) is 19.2. The maximum atomic E-state index is 12.8. The Kier molecular flexibility index (Phi) is 5.35. The Morgan fingerprint density at radius 1 is 1.16 bits per heavy atom. The summed E-state index contributed by atoms with van der Waals surface area (Å²) in [6.07, 6.45) is 2.71. The molecule has 0 unspecified atom stereocenters. The van der Waals surface area contributed by atoms with Crippen LogP contribution in [0.5, 0.6) is 0 Å². The molecule has 3 aromatic heterocycles. The number of H-pyrrole nitrogens is 1. The minimum Gasteiger partial charge on any atom is -0.343 e. The van der Waals surface area contributed by atoms with Crippen LogP contribution in [0.1, 0.15) is 46.5 Å². The fourth-order valence-electron chi connectivity index (χ4n) is 4.24. The van der Waals surface area contributed by atoms with Gasteiger partial charge in [0.1, 0.15) is 10.7 Å². The van der Waals surface area contributed by atoms with E-state index in [1.807, 2.05) is 30.9 Å². The van der Waals surface area contributed by atoms with Crippen LogP contribution in [0.2, 0.25) is 0 Å².